The van der Waals surface area contributed by atoms with Crippen LogP contribution in [-0.4, -0.2) is 11.7 Å². The van der Waals surface area contributed by atoms with Gasteiger partial charge in [0, 0.05) is 18.2 Å². The molecule has 0 spiro atoms. The Bertz CT molecular complexity index is 520. The van der Waals surface area contributed by atoms with Crippen molar-refractivity contribution < 1.29 is 4.52 Å². The topological polar surface area (TPSA) is 38.1 Å². The van der Waals surface area contributed by atoms with E-state index in [1.54, 1.807) is 0 Å². The maximum atomic E-state index is 5.46. The molecule has 1 aromatic heterocycles. The molecule has 3 nitrogen and oxygen atoms in total. The lowest BCUT2D eigenvalue weighted by Gasteiger charge is -2.07. The van der Waals surface area contributed by atoms with E-state index >= 15 is 0 Å². The van der Waals surface area contributed by atoms with Gasteiger partial charge in [0.25, 0.3) is 0 Å². The normalized spacial score (nSPS) is 10.9. The van der Waals surface area contributed by atoms with Crippen molar-refractivity contribution in [1.29, 1.82) is 0 Å². The molecule has 0 aliphatic carbocycles. The van der Waals surface area contributed by atoms with Gasteiger partial charge in [-0.3, -0.25) is 0 Å². The summed E-state index contributed by atoms with van der Waals surface area (Å²) in [6.45, 7) is 10.1. The van der Waals surface area contributed by atoms with E-state index in [0.29, 0.717) is 0 Å². The van der Waals surface area contributed by atoms with Crippen LogP contribution in [0.4, 0.5) is 0 Å². The molecule has 0 fully saturated rings. The highest BCUT2D eigenvalue weighted by molar-refractivity contribution is 5.66. The first kappa shape index (κ1) is 12.8. The molecule has 0 unspecified atom stereocenters. The van der Waals surface area contributed by atoms with Gasteiger partial charge in [0.05, 0.1) is 5.69 Å². The summed E-state index contributed by atoms with van der Waals surface area (Å²) in [5.74, 6) is 0.859. The van der Waals surface area contributed by atoms with Gasteiger partial charge in [-0.25, -0.2) is 0 Å². The van der Waals surface area contributed by atoms with Gasteiger partial charge in [-0.15, -0.1) is 0 Å². The number of aromatic nitrogens is 1. The van der Waals surface area contributed by atoms with Crippen LogP contribution in [0.2, 0.25) is 0 Å². The highest BCUT2D eigenvalue weighted by atomic mass is 16.5. The summed E-state index contributed by atoms with van der Waals surface area (Å²) in [6, 6.07) is 6.37. The molecule has 2 rings (SSSR count). The minimum atomic E-state index is 0.754. The maximum Gasteiger partial charge on any atom is 0.167 e. The first-order valence-corrected chi connectivity index (χ1v) is 6.36. The van der Waals surface area contributed by atoms with Crippen molar-refractivity contribution in [3.63, 3.8) is 0 Å². The first-order chi connectivity index (χ1) is 8.61. The van der Waals surface area contributed by atoms with Crippen molar-refractivity contribution in [3.05, 3.63) is 40.6 Å². The molecule has 1 heterocycles. The lowest BCUT2D eigenvalue weighted by Crippen LogP contribution is -2.11. The quantitative estimate of drug-likeness (QED) is 0.896. The summed E-state index contributed by atoms with van der Waals surface area (Å²) in [6.07, 6.45) is 0. The fraction of sp³-hybridized carbons (Fsp3) is 0.400. The summed E-state index contributed by atoms with van der Waals surface area (Å²) in [5, 5.41) is 7.34. The number of nitrogens with one attached hydrogen (secondary N) is 1. The minimum absolute atomic E-state index is 0.754. The lowest BCUT2D eigenvalue weighted by molar-refractivity contribution is 0.420. The third kappa shape index (κ3) is 2.62. The van der Waals surface area contributed by atoms with E-state index in [9.17, 15) is 0 Å². The van der Waals surface area contributed by atoms with E-state index < -0.39 is 0 Å². The molecule has 0 aliphatic rings. The van der Waals surface area contributed by atoms with Crippen molar-refractivity contribution in [2.24, 2.45) is 0 Å². The number of hydrogen-bond donors (Lipinski definition) is 1. The van der Waals surface area contributed by atoms with Gasteiger partial charge < -0.3 is 9.84 Å². The SMILES string of the molecule is CCNCc1cc(-c2c(C)cc(C)cc2C)on1. The summed E-state index contributed by atoms with van der Waals surface area (Å²) in [4.78, 5) is 0. The average molecular weight is 244 g/mol. The standard InChI is InChI=1S/C15H20N2O/c1-5-16-9-13-8-14(18-17-13)15-11(3)6-10(2)7-12(15)4/h6-8,16H,5,9H2,1-4H3. The van der Waals surface area contributed by atoms with Crippen LogP contribution >= 0.6 is 0 Å². The van der Waals surface area contributed by atoms with Crippen LogP contribution in [0.1, 0.15) is 29.3 Å². The highest BCUT2D eigenvalue weighted by Crippen LogP contribution is 2.28. The molecule has 1 N–H and O–H groups in total. The summed E-state index contributed by atoms with van der Waals surface area (Å²) < 4.78 is 5.46. The van der Waals surface area contributed by atoms with Crippen LogP contribution in [-0.2, 0) is 6.54 Å². The smallest absolute Gasteiger partial charge is 0.167 e. The Labute approximate surface area is 108 Å². The Balaban J connectivity index is 2.34. The largest absolute Gasteiger partial charge is 0.356 e. The van der Waals surface area contributed by atoms with Gasteiger partial charge in [-0.05, 0) is 38.4 Å². The Morgan fingerprint density at radius 1 is 1.11 bits per heavy atom. The van der Waals surface area contributed by atoms with Gasteiger partial charge >= 0.3 is 0 Å². The van der Waals surface area contributed by atoms with E-state index in [4.69, 9.17) is 4.52 Å². The number of nitrogens with zero attached hydrogens (tertiary/aromatic N) is 1. The molecule has 18 heavy (non-hydrogen) atoms. The van der Waals surface area contributed by atoms with E-state index in [1.165, 1.54) is 16.7 Å². The molecule has 0 atom stereocenters. The Hall–Kier alpha value is -1.61. The predicted octanol–water partition coefficient (Wildman–Crippen LogP) is 3.38. The molecule has 0 radical (unpaired) electrons. The third-order valence-corrected chi connectivity index (χ3v) is 3.04. The van der Waals surface area contributed by atoms with Crippen LogP contribution < -0.4 is 5.32 Å². The van der Waals surface area contributed by atoms with Crippen LogP contribution in [0.15, 0.2) is 22.7 Å². The molecule has 0 saturated heterocycles. The highest BCUT2D eigenvalue weighted by Gasteiger charge is 2.12. The van der Waals surface area contributed by atoms with Crippen molar-refractivity contribution >= 4 is 0 Å². The van der Waals surface area contributed by atoms with Gasteiger partial charge in [-0.1, -0.05) is 29.8 Å². The number of hydrogen-bond acceptors (Lipinski definition) is 3. The molecule has 0 amide bonds. The van der Waals surface area contributed by atoms with Gasteiger partial charge in [0.2, 0.25) is 0 Å². The van der Waals surface area contributed by atoms with E-state index in [-0.39, 0.29) is 0 Å². The van der Waals surface area contributed by atoms with Crippen molar-refractivity contribution in [1.82, 2.24) is 10.5 Å². The van der Waals surface area contributed by atoms with Crippen LogP contribution in [0.3, 0.4) is 0 Å². The number of aryl methyl sites for hydroxylation is 3. The third-order valence-electron chi connectivity index (χ3n) is 3.04. The van der Waals surface area contributed by atoms with Crippen molar-refractivity contribution in [2.45, 2.75) is 34.2 Å². The summed E-state index contributed by atoms with van der Waals surface area (Å²) in [5.41, 5.74) is 5.86. The fourth-order valence-corrected chi connectivity index (χ4v) is 2.33. The van der Waals surface area contributed by atoms with Crippen LogP contribution in [0.5, 0.6) is 0 Å². The zero-order valence-electron chi connectivity index (χ0n) is 11.5. The van der Waals surface area contributed by atoms with Crippen molar-refractivity contribution in [2.75, 3.05) is 6.54 Å². The maximum absolute atomic E-state index is 5.46. The van der Waals surface area contributed by atoms with Gasteiger partial charge in [-0.2, -0.15) is 0 Å². The number of benzene rings is 1. The Morgan fingerprint density at radius 2 is 1.78 bits per heavy atom. The lowest BCUT2D eigenvalue weighted by atomic mass is 9.98. The zero-order chi connectivity index (χ0) is 13.1. The zero-order valence-corrected chi connectivity index (χ0v) is 11.5. The average Bonchev–Trinajstić information content (AvgIpc) is 2.73. The monoisotopic (exact) mass is 244 g/mol. The molecule has 2 aromatic rings. The fourth-order valence-electron chi connectivity index (χ4n) is 2.33. The van der Waals surface area contributed by atoms with E-state index in [2.05, 4.69) is 50.3 Å². The predicted molar refractivity (Wildman–Crippen MR) is 73.5 cm³/mol. The molecule has 96 valence electrons. The molecule has 0 saturated carbocycles. The molecular formula is C15H20N2O. The van der Waals surface area contributed by atoms with Gasteiger partial charge in [0.15, 0.2) is 5.76 Å². The second kappa shape index (κ2) is 5.36. The van der Waals surface area contributed by atoms with E-state index in [0.717, 1.165) is 30.1 Å². The minimum Gasteiger partial charge on any atom is -0.356 e. The van der Waals surface area contributed by atoms with E-state index in [1.807, 2.05) is 6.07 Å². The molecule has 3 heteroatoms. The molecule has 0 aliphatic heterocycles. The van der Waals surface area contributed by atoms with Gasteiger partial charge in [0.1, 0.15) is 0 Å². The second-order valence-electron chi connectivity index (χ2n) is 4.74. The van der Waals surface area contributed by atoms with Crippen LogP contribution in [0, 0.1) is 20.8 Å². The molecule has 0 bridgehead atoms. The summed E-state index contributed by atoms with van der Waals surface area (Å²) >= 11 is 0. The Morgan fingerprint density at radius 3 is 2.39 bits per heavy atom. The van der Waals surface area contributed by atoms with Crippen molar-refractivity contribution in [3.8, 4) is 11.3 Å². The number of rotatable bonds is 4. The Kier molecular flexibility index (Phi) is 3.82. The molecular weight excluding hydrogens is 224 g/mol. The summed E-state index contributed by atoms with van der Waals surface area (Å²) in [7, 11) is 0. The van der Waals surface area contributed by atoms with Crippen LogP contribution in [0.25, 0.3) is 11.3 Å². The second-order valence-corrected chi connectivity index (χ2v) is 4.74. The molecule has 1 aromatic carbocycles. The first-order valence-electron chi connectivity index (χ1n) is 6.36.